The van der Waals surface area contributed by atoms with Crippen LogP contribution in [0.2, 0.25) is 0 Å². The van der Waals surface area contributed by atoms with Crippen LogP contribution in [0.25, 0.3) is 0 Å². The van der Waals surface area contributed by atoms with Crippen molar-refractivity contribution in [2.75, 3.05) is 0 Å². The summed E-state index contributed by atoms with van der Waals surface area (Å²) in [5, 5.41) is 0. The van der Waals surface area contributed by atoms with Gasteiger partial charge in [-0.25, -0.2) is 0 Å². The minimum Gasteiger partial charge on any atom is -3.00 e. The first-order chi connectivity index (χ1) is 0. The largest absolute Gasteiger partial charge is 3.00 e. The summed E-state index contributed by atoms with van der Waals surface area (Å²) in [5.41, 5.74) is 0. The van der Waals surface area contributed by atoms with E-state index in [9.17, 15) is 0 Å². The zero-order valence-corrected chi connectivity index (χ0v) is 14.9. The maximum absolute atomic E-state index is 0. The minimum absolute atomic E-state index is 0. The van der Waals surface area contributed by atoms with Gasteiger partial charge in [-0.2, -0.15) is 0 Å². The summed E-state index contributed by atoms with van der Waals surface area (Å²) >= 11 is 0. The van der Waals surface area contributed by atoms with Gasteiger partial charge in [-0.15, -0.1) is 0 Å². The fraction of sp³-hybridized carbons (Fsp3) is 0. The van der Waals surface area contributed by atoms with Crippen molar-refractivity contribution in [3.8, 4) is 0 Å². The molecule has 22 valence electrons. The maximum atomic E-state index is 0. The van der Waals surface area contributed by atoms with Gasteiger partial charge in [0.2, 0.25) is 0 Å². The summed E-state index contributed by atoms with van der Waals surface area (Å²) in [6.45, 7) is 0. The monoisotopic (exact) mass is 390 g/mol. The molecule has 0 aliphatic rings. The Kier molecular flexibility index (Phi) is 326. The average molecular weight is 389 g/mol. The topological polar surface area (TPSA) is 0 Å². The Balaban J connectivity index is 0. The van der Waals surface area contributed by atoms with Crippen molar-refractivity contribution in [1.29, 1.82) is 0 Å². The summed E-state index contributed by atoms with van der Waals surface area (Å²) in [5.74, 6) is 0. The van der Waals surface area contributed by atoms with Crippen LogP contribution in [-0.4, -0.2) is 104 Å². The first-order valence-electron chi connectivity index (χ1n) is 0. The van der Waals surface area contributed by atoms with Crippen LogP contribution in [0.3, 0.4) is 0 Å². The fourth-order valence-electron chi connectivity index (χ4n) is 0. The van der Waals surface area contributed by atoms with E-state index >= 15 is 0 Å². The molecular weight excluding hydrogens is 389 g/mol. The molecule has 0 heterocycles. The van der Waals surface area contributed by atoms with Gasteiger partial charge in [-0.05, 0) is 0 Å². The molecule has 6 heavy (non-hydrogen) atoms. The summed E-state index contributed by atoms with van der Waals surface area (Å²) in [7, 11) is 0. The minimum atomic E-state index is 0. The standard InChI is InChI=1S/2Al.As.2In.P/q;;-3;2*+3;-3. The van der Waals surface area contributed by atoms with Gasteiger partial charge < -0.3 is 27.9 Å². The quantitative estimate of drug-likeness (QED) is 0.367. The molecule has 0 N–H and O–H groups in total. The first-order valence-corrected chi connectivity index (χ1v) is 0. The number of rotatable bonds is 0. The van der Waals surface area contributed by atoms with E-state index in [0.717, 1.165) is 0 Å². The molecule has 0 rings (SSSR count). The second-order valence-electron chi connectivity index (χ2n) is 0. The van der Waals surface area contributed by atoms with Gasteiger partial charge in [0.25, 0.3) is 0 Å². The van der Waals surface area contributed by atoms with Crippen LogP contribution in [-0.2, 0) is 0 Å². The van der Waals surface area contributed by atoms with E-state index in [1.165, 1.54) is 0 Å². The van der Waals surface area contributed by atoms with Crippen molar-refractivity contribution >= 4 is 114 Å². The van der Waals surface area contributed by atoms with Gasteiger partial charge in [0.05, 0.1) is 0 Å². The SMILES string of the molecule is [Al].[Al].[As-3].[In+3].[In+3].[P-3]. The van der Waals surface area contributed by atoms with Gasteiger partial charge in [0.15, 0.2) is 0 Å². The first kappa shape index (κ1) is 52.6. The number of hydrogen-bond acceptors (Lipinski definition) is 0. The molecule has 0 atom stereocenters. The van der Waals surface area contributed by atoms with Crippen LogP contribution < -0.4 is 0 Å². The van der Waals surface area contributed by atoms with Crippen LogP contribution >= 0.6 is 9.90 Å². The van der Waals surface area contributed by atoms with E-state index in [-0.39, 0.29) is 114 Å². The molecule has 0 aliphatic carbocycles. The molecule has 6 heteroatoms. The summed E-state index contributed by atoms with van der Waals surface area (Å²) in [6, 6.07) is 0. The van der Waals surface area contributed by atoms with Crippen molar-refractivity contribution in [3.05, 3.63) is 0 Å². The maximum Gasteiger partial charge on any atom is 3.00 e. The van der Waals surface area contributed by atoms with Crippen molar-refractivity contribution < 1.29 is 0 Å². The van der Waals surface area contributed by atoms with E-state index < -0.39 is 0 Å². The third-order valence-corrected chi connectivity index (χ3v) is 0. The molecule has 0 fully saturated rings. The summed E-state index contributed by atoms with van der Waals surface area (Å²) < 4.78 is 0. The van der Waals surface area contributed by atoms with Gasteiger partial charge >= 0.3 is 51.7 Å². The molecular formula is Al2AsIn2P. The molecule has 0 aromatic heterocycles. The van der Waals surface area contributed by atoms with Crippen molar-refractivity contribution in [3.63, 3.8) is 0 Å². The van der Waals surface area contributed by atoms with Crippen LogP contribution in [0.4, 0.5) is 0 Å². The zero-order valence-electron chi connectivity index (χ0n) is 3.20. The van der Waals surface area contributed by atoms with Crippen molar-refractivity contribution in [2.45, 2.75) is 0 Å². The second kappa shape index (κ2) is 37.1. The second-order valence-corrected chi connectivity index (χ2v) is 0. The fourth-order valence-corrected chi connectivity index (χ4v) is 0. The Morgan fingerprint density at radius 1 is 0.667 bits per heavy atom. The molecule has 0 saturated heterocycles. The van der Waals surface area contributed by atoms with Crippen molar-refractivity contribution in [1.82, 2.24) is 0 Å². The summed E-state index contributed by atoms with van der Waals surface area (Å²) in [6.07, 6.45) is 0. The Morgan fingerprint density at radius 2 is 0.667 bits per heavy atom. The van der Waals surface area contributed by atoms with Gasteiger partial charge in [-0.3, -0.25) is 0 Å². The van der Waals surface area contributed by atoms with Gasteiger partial charge in [-0.1, -0.05) is 0 Å². The molecule has 0 aromatic rings. The molecule has 0 amide bonds. The van der Waals surface area contributed by atoms with Crippen LogP contribution in [0.5, 0.6) is 0 Å². The molecule has 0 aromatic carbocycles. The molecule has 0 bridgehead atoms. The van der Waals surface area contributed by atoms with Crippen LogP contribution in [0.1, 0.15) is 0 Å². The average Bonchev–Trinajstić information content (AvgIpc) is 0. The third kappa shape index (κ3) is 25.0. The number of hydrogen-bond donors (Lipinski definition) is 0. The van der Waals surface area contributed by atoms with Gasteiger partial charge in [0.1, 0.15) is 0 Å². The predicted molar refractivity (Wildman–Crippen MR) is 35.7 cm³/mol. The van der Waals surface area contributed by atoms with Crippen molar-refractivity contribution in [2.24, 2.45) is 0 Å². The zero-order chi connectivity index (χ0) is 0. The molecule has 6 radical (unpaired) electrons. The van der Waals surface area contributed by atoms with E-state index in [1.54, 1.807) is 0 Å². The van der Waals surface area contributed by atoms with E-state index in [4.69, 9.17) is 0 Å². The van der Waals surface area contributed by atoms with E-state index in [1.807, 2.05) is 0 Å². The Bertz CT molecular complexity index is 11.5. The normalized spacial score (nSPS) is 0. The molecule has 0 saturated carbocycles. The van der Waals surface area contributed by atoms with Crippen LogP contribution in [0, 0.1) is 0 Å². The molecule has 0 aliphatic heterocycles. The Morgan fingerprint density at radius 3 is 0.667 bits per heavy atom. The Hall–Kier alpha value is 3.79. The van der Waals surface area contributed by atoms with Crippen LogP contribution in [0.15, 0.2) is 0 Å². The summed E-state index contributed by atoms with van der Waals surface area (Å²) in [4.78, 5) is 0. The molecule has 0 nitrogen and oxygen atoms in total. The van der Waals surface area contributed by atoms with Gasteiger partial charge in [0, 0.05) is 34.7 Å². The van der Waals surface area contributed by atoms with E-state index in [0.29, 0.717) is 0 Å². The Labute approximate surface area is 112 Å². The molecule has 0 spiro atoms. The molecule has 0 unspecified atom stereocenters. The van der Waals surface area contributed by atoms with E-state index in [2.05, 4.69) is 0 Å². The smallest absolute Gasteiger partial charge is 3.00 e. The predicted octanol–water partition coefficient (Wildman–Crippen LogP) is -1.04. The third-order valence-electron chi connectivity index (χ3n) is 0.